The lowest BCUT2D eigenvalue weighted by atomic mass is 9.86. The van der Waals surface area contributed by atoms with Gasteiger partial charge in [0.2, 0.25) is 0 Å². The standard InChI is InChI=1S/C18H25ClN2O4/c1-11-4-6-13(7-5-11)21(2)18(23)12-8-14(19)17(15(9-12)24-3)25-10-16(20)22/h8-9,11,13H,4-7,10H2,1-3H3,(H2,20,22). The molecular formula is C18H25ClN2O4. The van der Waals surface area contributed by atoms with Crippen molar-refractivity contribution in [3.05, 3.63) is 22.7 Å². The summed E-state index contributed by atoms with van der Waals surface area (Å²) in [6.45, 7) is 1.93. The Kier molecular flexibility index (Phi) is 6.53. The molecule has 1 aromatic carbocycles. The Hall–Kier alpha value is -1.95. The smallest absolute Gasteiger partial charge is 0.255 e. The zero-order valence-electron chi connectivity index (χ0n) is 14.9. The van der Waals surface area contributed by atoms with Crippen molar-refractivity contribution in [1.29, 1.82) is 0 Å². The van der Waals surface area contributed by atoms with E-state index in [1.807, 2.05) is 7.05 Å². The van der Waals surface area contributed by atoms with Crippen LogP contribution >= 0.6 is 11.6 Å². The molecule has 1 aromatic rings. The van der Waals surface area contributed by atoms with Crippen molar-refractivity contribution >= 4 is 23.4 Å². The molecule has 2 N–H and O–H groups in total. The van der Waals surface area contributed by atoms with Crippen LogP contribution in [0.1, 0.15) is 43.0 Å². The highest BCUT2D eigenvalue weighted by Crippen LogP contribution is 2.37. The van der Waals surface area contributed by atoms with Gasteiger partial charge in [-0.15, -0.1) is 0 Å². The molecule has 0 unspecified atom stereocenters. The highest BCUT2D eigenvalue weighted by Gasteiger charge is 2.26. The van der Waals surface area contributed by atoms with E-state index in [1.54, 1.807) is 11.0 Å². The molecule has 0 spiro atoms. The highest BCUT2D eigenvalue weighted by molar-refractivity contribution is 6.32. The molecule has 0 bridgehead atoms. The molecule has 25 heavy (non-hydrogen) atoms. The summed E-state index contributed by atoms with van der Waals surface area (Å²) in [7, 11) is 3.27. The van der Waals surface area contributed by atoms with E-state index in [0.717, 1.165) is 31.6 Å². The Bertz CT molecular complexity index is 642. The average Bonchev–Trinajstić information content (AvgIpc) is 2.59. The summed E-state index contributed by atoms with van der Waals surface area (Å²) in [5, 5.41) is 0.203. The molecule has 1 saturated carbocycles. The molecule has 0 saturated heterocycles. The number of hydrogen-bond acceptors (Lipinski definition) is 4. The number of halogens is 1. The first-order valence-corrected chi connectivity index (χ1v) is 8.77. The number of primary amides is 1. The lowest BCUT2D eigenvalue weighted by molar-refractivity contribution is -0.119. The molecule has 1 aliphatic carbocycles. The summed E-state index contributed by atoms with van der Waals surface area (Å²) in [5.41, 5.74) is 5.51. The van der Waals surface area contributed by atoms with Crippen molar-refractivity contribution in [2.24, 2.45) is 11.7 Å². The number of nitrogens with two attached hydrogens (primary N) is 1. The number of carbonyl (C=O) groups is 2. The lowest BCUT2D eigenvalue weighted by Crippen LogP contribution is -2.39. The van der Waals surface area contributed by atoms with Gasteiger partial charge in [0.15, 0.2) is 18.1 Å². The fourth-order valence-corrected chi connectivity index (χ4v) is 3.39. The van der Waals surface area contributed by atoms with Gasteiger partial charge < -0.3 is 20.1 Å². The van der Waals surface area contributed by atoms with Crippen molar-refractivity contribution in [2.45, 2.75) is 38.6 Å². The molecule has 1 aliphatic rings. The largest absolute Gasteiger partial charge is 0.493 e. The van der Waals surface area contributed by atoms with E-state index in [0.29, 0.717) is 11.3 Å². The quantitative estimate of drug-likeness (QED) is 0.837. The van der Waals surface area contributed by atoms with E-state index in [-0.39, 0.29) is 29.3 Å². The van der Waals surface area contributed by atoms with Crippen LogP contribution < -0.4 is 15.2 Å². The maximum Gasteiger partial charge on any atom is 0.255 e. The fourth-order valence-electron chi connectivity index (χ4n) is 3.13. The third kappa shape index (κ3) is 4.78. The average molecular weight is 369 g/mol. The van der Waals surface area contributed by atoms with Gasteiger partial charge in [0, 0.05) is 18.7 Å². The summed E-state index contributed by atoms with van der Waals surface area (Å²) in [4.78, 5) is 25.5. The summed E-state index contributed by atoms with van der Waals surface area (Å²) >= 11 is 6.22. The van der Waals surface area contributed by atoms with E-state index < -0.39 is 5.91 Å². The van der Waals surface area contributed by atoms with E-state index in [4.69, 9.17) is 26.8 Å². The molecule has 2 amide bonds. The molecule has 0 radical (unpaired) electrons. The molecule has 7 heteroatoms. The maximum absolute atomic E-state index is 12.8. The Morgan fingerprint density at radius 1 is 1.28 bits per heavy atom. The molecule has 2 rings (SSSR count). The molecule has 0 atom stereocenters. The first kappa shape index (κ1) is 19.4. The van der Waals surface area contributed by atoms with Crippen molar-refractivity contribution < 1.29 is 19.1 Å². The second-order valence-corrected chi connectivity index (χ2v) is 6.98. The zero-order valence-corrected chi connectivity index (χ0v) is 15.6. The summed E-state index contributed by atoms with van der Waals surface area (Å²) in [6, 6.07) is 3.34. The second kappa shape index (κ2) is 8.43. The van der Waals surface area contributed by atoms with Crippen LogP contribution in [0.5, 0.6) is 11.5 Å². The fraction of sp³-hybridized carbons (Fsp3) is 0.556. The van der Waals surface area contributed by atoms with Crippen molar-refractivity contribution in [2.75, 3.05) is 20.8 Å². The van der Waals surface area contributed by atoms with Crippen LogP contribution in [0.4, 0.5) is 0 Å². The molecule has 0 heterocycles. The molecular weight excluding hydrogens is 344 g/mol. The zero-order chi connectivity index (χ0) is 18.6. The number of amides is 2. The maximum atomic E-state index is 12.8. The third-order valence-electron chi connectivity index (χ3n) is 4.69. The van der Waals surface area contributed by atoms with Gasteiger partial charge in [0.05, 0.1) is 12.1 Å². The Balaban J connectivity index is 2.19. The number of hydrogen-bond donors (Lipinski definition) is 1. The van der Waals surface area contributed by atoms with Gasteiger partial charge in [-0.25, -0.2) is 0 Å². The van der Waals surface area contributed by atoms with Crippen molar-refractivity contribution in [1.82, 2.24) is 4.90 Å². The minimum Gasteiger partial charge on any atom is -0.493 e. The monoisotopic (exact) mass is 368 g/mol. The van der Waals surface area contributed by atoms with Gasteiger partial charge in [-0.3, -0.25) is 9.59 Å². The van der Waals surface area contributed by atoms with Gasteiger partial charge in [-0.2, -0.15) is 0 Å². The number of benzene rings is 1. The lowest BCUT2D eigenvalue weighted by Gasteiger charge is -2.33. The SMILES string of the molecule is COc1cc(C(=O)N(C)C2CCC(C)CC2)cc(Cl)c1OCC(N)=O. The predicted molar refractivity (Wildman–Crippen MR) is 96.2 cm³/mol. The van der Waals surface area contributed by atoms with Crippen LogP contribution in [-0.2, 0) is 4.79 Å². The number of nitrogens with zero attached hydrogens (tertiary/aromatic N) is 1. The molecule has 0 aromatic heterocycles. The Labute approximate surface area is 153 Å². The van der Waals surface area contributed by atoms with E-state index in [9.17, 15) is 9.59 Å². The van der Waals surface area contributed by atoms with Gasteiger partial charge >= 0.3 is 0 Å². The van der Waals surface area contributed by atoms with Crippen LogP contribution in [0.2, 0.25) is 5.02 Å². The topological polar surface area (TPSA) is 81.9 Å². The first-order chi connectivity index (χ1) is 11.8. The number of ether oxygens (including phenoxy) is 2. The van der Waals surface area contributed by atoms with Gasteiger partial charge in [-0.1, -0.05) is 18.5 Å². The first-order valence-electron chi connectivity index (χ1n) is 8.39. The minimum atomic E-state index is -0.621. The molecule has 138 valence electrons. The van der Waals surface area contributed by atoms with E-state index in [2.05, 4.69) is 6.92 Å². The minimum absolute atomic E-state index is 0.110. The van der Waals surface area contributed by atoms with Crippen molar-refractivity contribution in [3.63, 3.8) is 0 Å². The number of rotatable bonds is 6. The van der Waals surface area contributed by atoms with E-state index in [1.165, 1.54) is 13.2 Å². The van der Waals surface area contributed by atoms with Crippen LogP contribution in [0.25, 0.3) is 0 Å². The third-order valence-corrected chi connectivity index (χ3v) is 4.97. The van der Waals surface area contributed by atoms with Crippen LogP contribution in [0.15, 0.2) is 12.1 Å². The van der Waals surface area contributed by atoms with Gasteiger partial charge in [0.25, 0.3) is 11.8 Å². The van der Waals surface area contributed by atoms with Crippen LogP contribution in [0, 0.1) is 5.92 Å². The van der Waals surface area contributed by atoms with E-state index >= 15 is 0 Å². The number of carbonyl (C=O) groups excluding carboxylic acids is 2. The van der Waals surface area contributed by atoms with Crippen LogP contribution in [-0.4, -0.2) is 43.5 Å². The second-order valence-electron chi connectivity index (χ2n) is 6.57. The number of methoxy groups -OCH3 is 1. The van der Waals surface area contributed by atoms with Gasteiger partial charge in [-0.05, 0) is 43.7 Å². The molecule has 6 nitrogen and oxygen atoms in total. The van der Waals surface area contributed by atoms with Crippen LogP contribution in [0.3, 0.4) is 0 Å². The summed E-state index contributed by atoms with van der Waals surface area (Å²) < 4.78 is 10.5. The van der Waals surface area contributed by atoms with Crippen molar-refractivity contribution in [3.8, 4) is 11.5 Å². The molecule has 1 fully saturated rings. The summed E-state index contributed by atoms with van der Waals surface area (Å²) in [5.74, 6) is 0.484. The Morgan fingerprint density at radius 2 is 1.92 bits per heavy atom. The Morgan fingerprint density at radius 3 is 2.48 bits per heavy atom. The summed E-state index contributed by atoms with van der Waals surface area (Å²) in [6.07, 6.45) is 4.28. The normalized spacial score (nSPS) is 20.0. The van der Waals surface area contributed by atoms with Gasteiger partial charge in [0.1, 0.15) is 0 Å². The predicted octanol–water partition coefficient (Wildman–Crippen LogP) is 2.86. The molecule has 0 aliphatic heterocycles. The highest BCUT2D eigenvalue weighted by atomic mass is 35.5.